The van der Waals surface area contributed by atoms with Crippen molar-refractivity contribution in [2.24, 2.45) is 4.99 Å². The molecule has 2 aromatic carbocycles. The van der Waals surface area contributed by atoms with E-state index in [2.05, 4.69) is 90.3 Å². The molecular weight excluding hydrogens is 467 g/mol. The van der Waals surface area contributed by atoms with Gasteiger partial charge in [-0.3, -0.25) is 4.99 Å². The number of aliphatic imine (C=N–C) groups is 1. The number of thioether (sulfide) groups is 1. The summed E-state index contributed by atoms with van der Waals surface area (Å²) >= 11 is 1.78. The summed E-state index contributed by atoms with van der Waals surface area (Å²) in [5, 5.41) is 6.86. The maximum Gasteiger partial charge on any atom is 0.191 e. The van der Waals surface area contributed by atoms with Gasteiger partial charge in [-0.2, -0.15) is 0 Å². The van der Waals surface area contributed by atoms with E-state index in [0.717, 1.165) is 25.6 Å². The number of halogens is 1. The molecule has 0 bridgehead atoms. The van der Waals surface area contributed by atoms with Crippen LogP contribution in [0.15, 0.2) is 52.4 Å². The second kappa shape index (κ2) is 12.3. The Morgan fingerprint density at radius 3 is 2.22 bits per heavy atom. The molecule has 0 aliphatic heterocycles. The minimum Gasteiger partial charge on any atom is -0.352 e. The summed E-state index contributed by atoms with van der Waals surface area (Å²) in [6.07, 6.45) is 2.12. The zero-order chi connectivity index (χ0) is 18.9. The van der Waals surface area contributed by atoms with Crippen LogP contribution in [-0.2, 0) is 19.6 Å². The molecule has 0 unspecified atom stereocenters. The predicted molar refractivity (Wildman–Crippen MR) is 129 cm³/mol. The molecule has 148 valence electrons. The van der Waals surface area contributed by atoms with Crippen molar-refractivity contribution >= 4 is 41.7 Å². The zero-order valence-electron chi connectivity index (χ0n) is 16.9. The molecule has 0 atom stereocenters. The lowest BCUT2D eigenvalue weighted by molar-refractivity contribution is 0.400. The van der Waals surface area contributed by atoms with E-state index >= 15 is 0 Å². The molecule has 27 heavy (non-hydrogen) atoms. The number of nitrogens with one attached hydrogen (secondary N) is 2. The second-order valence-corrected chi connectivity index (χ2v) is 7.45. The van der Waals surface area contributed by atoms with Crippen LogP contribution in [0.1, 0.15) is 22.3 Å². The smallest absolute Gasteiger partial charge is 0.191 e. The third kappa shape index (κ3) is 7.71. The monoisotopic (exact) mass is 498 g/mol. The van der Waals surface area contributed by atoms with Gasteiger partial charge in [0.05, 0.1) is 0 Å². The predicted octanol–water partition coefficient (Wildman–Crippen LogP) is 4.26. The van der Waals surface area contributed by atoms with E-state index in [4.69, 9.17) is 0 Å². The maximum atomic E-state index is 4.36. The van der Waals surface area contributed by atoms with E-state index in [1.165, 1.54) is 27.1 Å². The summed E-state index contributed by atoms with van der Waals surface area (Å²) in [7, 11) is 6.00. The maximum absolute atomic E-state index is 4.36. The fourth-order valence-electron chi connectivity index (χ4n) is 2.80. The average molecular weight is 498 g/mol. The largest absolute Gasteiger partial charge is 0.352 e. The quantitative estimate of drug-likeness (QED) is 0.259. The van der Waals surface area contributed by atoms with Crippen molar-refractivity contribution in [1.82, 2.24) is 15.5 Å². The lowest BCUT2D eigenvalue weighted by atomic mass is 10.1. The molecule has 0 aromatic heterocycles. The first-order valence-electron chi connectivity index (χ1n) is 8.83. The van der Waals surface area contributed by atoms with Crippen molar-refractivity contribution in [1.29, 1.82) is 0 Å². The Balaban J connectivity index is 0.00000364. The summed E-state index contributed by atoms with van der Waals surface area (Å²) in [4.78, 5) is 7.86. The third-order valence-corrected chi connectivity index (χ3v) is 4.98. The van der Waals surface area contributed by atoms with Crippen molar-refractivity contribution in [2.45, 2.75) is 31.5 Å². The third-order valence-electron chi connectivity index (χ3n) is 4.16. The molecule has 0 aliphatic carbocycles. The zero-order valence-corrected chi connectivity index (χ0v) is 20.0. The van der Waals surface area contributed by atoms with Crippen LogP contribution in [0.3, 0.4) is 0 Å². The molecule has 2 aromatic rings. The Morgan fingerprint density at radius 2 is 1.63 bits per heavy atom. The number of nitrogens with zero attached hydrogens (tertiary/aromatic N) is 2. The van der Waals surface area contributed by atoms with Crippen LogP contribution in [-0.4, -0.2) is 38.3 Å². The van der Waals surface area contributed by atoms with Gasteiger partial charge in [-0.25, -0.2) is 0 Å². The summed E-state index contributed by atoms with van der Waals surface area (Å²) in [5.41, 5.74) is 5.21. The Hall–Kier alpha value is -1.25. The van der Waals surface area contributed by atoms with Gasteiger partial charge in [0.2, 0.25) is 0 Å². The molecule has 0 radical (unpaired) electrons. The Bertz CT molecular complexity index is 747. The van der Waals surface area contributed by atoms with E-state index in [1.54, 1.807) is 11.8 Å². The lowest BCUT2D eigenvalue weighted by Crippen LogP contribution is -2.36. The van der Waals surface area contributed by atoms with Crippen LogP contribution in [0.2, 0.25) is 0 Å². The Labute approximate surface area is 185 Å². The van der Waals surface area contributed by atoms with Crippen molar-refractivity contribution in [3.8, 4) is 0 Å². The normalized spacial score (nSPS) is 11.3. The molecule has 0 spiro atoms. The number of benzene rings is 2. The van der Waals surface area contributed by atoms with Crippen molar-refractivity contribution < 1.29 is 0 Å². The molecule has 4 nitrogen and oxygen atoms in total. The van der Waals surface area contributed by atoms with Gasteiger partial charge >= 0.3 is 0 Å². The van der Waals surface area contributed by atoms with Crippen LogP contribution in [0, 0.1) is 6.92 Å². The number of hydrogen-bond acceptors (Lipinski definition) is 3. The van der Waals surface area contributed by atoms with Gasteiger partial charge in [-0.05, 0) is 55.6 Å². The van der Waals surface area contributed by atoms with Gasteiger partial charge in [-0.1, -0.05) is 36.4 Å². The molecule has 0 heterocycles. The van der Waals surface area contributed by atoms with Gasteiger partial charge in [-0.15, -0.1) is 35.7 Å². The lowest BCUT2D eigenvalue weighted by Gasteiger charge is -2.17. The highest BCUT2D eigenvalue weighted by molar-refractivity contribution is 14.0. The molecule has 0 saturated carbocycles. The molecule has 0 saturated heterocycles. The average Bonchev–Trinajstić information content (AvgIpc) is 2.63. The molecule has 6 heteroatoms. The fraction of sp³-hybridized carbons (Fsp3) is 0.381. The van der Waals surface area contributed by atoms with Crippen LogP contribution in [0.5, 0.6) is 0 Å². The van der Waals surface area contributed by atoms with Gasteiger partial charge in [0.1, 0.15) is 0 Å². The highest BCUT2D eigenvalue weighted by Crippen LogP contribution is 2.21. The number of hydrogen-bond donors (Lipinski definition) is 2. The molecule has 0 fully saturated rings. The highest BCUT2D eigenvalue weighted by Gasteiger charge is 2.06. The van der Waals surface area contributed by atoms with Crippen molar-refractivity contribution in [3.63, 3.8) is 0 Å². The minimum absolute atomic E-state index is 0. The Morgan fingerprint density at radius 1 is 1.00 bits per heavy atom. The van der Waals surface area contributed by atoms with Crippen molar-refractivity contribution in [3.05, 3.63) is 64.7 Å². The Kier molecular flexibility index (Phi) is 10.8. The SMILES string of the molecule is CN=C(NCc1ccccc1CN(C)C)NCc1ccc(C)cc1SC.I. The fourth-order valence-corrected chi connectivity index (χ4v) is 3.51. The highest BCUT2D eigenvalue weighted by atomic mass is 127. The number of rotatable bonds is 7. The summed E-state index contributed by atoms with van der Waals surface area (Å²) in [6, 6.07) is 15.1. The topological polar surface area (TPSA) is 39.7 Å². The van der Waals surface area contributed by atoms with Crippen LogP contribution in [0.4, 0.5) is 0 Å². The minimum atomic E-state index is 0. The van der Waals surface area contributed by atoms with E-state index in [0.29, 0.717) is 0 Å². The first kappa shape index (κ1) is 23.8. The van der Waals surface area contributed by atoms with E-state index in [-0.39, 0.29) is 24.0 Å². The van der Waals surface area contributed by atoms with Gasteiger partial charge < -0.3 is 15.5 Å². The van der Waals surface area contributed by atoms with Gasteiger partial charge in [0, 0.05) is 31.6 Å². The van der Waals surface area contributed by atoms with Crippen LogP contribution >= 0.6 is 35.7 Å². The molecule has 0 amide bonds. The van der Waals surface area contributed by atoms with Gasteiger partial charge in [0.15, 0.2) is 5.96 Å². The van der Waals surface area contributed by atoms with E-state index in [9.17, 15) is 0 Å². The standard InChI is InChI=1S/C21H30N4S.HI/c1-16-10-11-18(20(12-16)26-5)14-24-21(22-2)23-13-17-8-6-7-9-19(17)15-25(3)4;/h6-12H,13-15H2,1-5H3,(H2,22,23,24);1H. The second-order valence-electron chi connectivity index (χ2n) is 6.60. The van der Waals surface area contributed by atoms with Crippen LogP contribution in [0.25, 0.3) is 0 Å². The summed E-state index contributed by atoms with van der Waals surface area (Å²) in [6.45, 7) is 4.58. The number of guanidine groups is 1. The van der Waals surface area contributed by atoms with E-state index < -0.39 is 0 Å². The van der Waals surface area contributed by atoms with Crippen molar-refractivity contribution in [2.75, 3.05) is 27.4 Å². The van der Waals surface area contributed by atoms with E-state index in [1.807, 2.05) is 7.05 Å². The first-order chi connectivity index (χ1) is 12.5. The molecule has 0 aliphatic rings. The molecule has 2 rings (SSSR count). The number of aryl methyl sites for hydroxylation is 1. The van der Waals surface area contributed by atoms with Gasteiger partial charge in [0.25, 0.3) is 0 Å². The summed E-state index contributed by atoms with van der Waals surface area (Å²) in [5.74, 6) is 0.817. The first-order valence-corrected chi connectivity index (χ1v) is 10.1. The molecule has 2 N–H and O–H groups in total. The summed E-state index contributed by atoms with van der Waals surface area (Å²) < 4.78 is 0. The molecular formula is C21H31IN4S. The van der Waals surface area contributed by atoms with Crippen LogP contribution < -0.4 is 10.6 Å².